The van der Waals surface area contributed by atoms with Crippen molar-refractivity contribution in [1.82, 2.24) is 9.80 Å². The standard InChI is InChI=1S/C17H26N2O/c1-3-17(20)19(4-2)12-7-11-18-13-10-15-8-5-6-9-16(15)14-18/h5-6,8-9H,3-4,7,10-14H2,1-2H3. The summed E-state index contributed by atoms with van der Waals surface area (Å²) in [5.74, 6) is 0.275. The van der Waals surface area contributed by atoms with Gasteiger partial charge in [0.05, 0.1) is 0 Å². The third-order valence-corrected chi connectivity index (χ3v) is 4.15. The molecule has 1 amide bonds. The van der Waals surface area contributed by atoms with Crippen molar-refractivity contribution in [1.29, 1.82) is 0 Å². The molecule has 0 N–H and O–H groups in total. The van der Waals surface area contributed by atoms with Gasteiger partial charge in [-0.05, 0) is 30.9 Å². The van der Waals surface area contributed by atoms with Crippen molar-refractivity contribution >= 4 is 5.91 Å². The largest absolute Gasteiger partial charge is 0.343 e. The molecule has 20 heavy (non-hydrogen) atoms. The summed E-state index contributed by atoms with van der Waals surface area (Å²) in [6, 6.07) is 8.73. The highest BCUT2D eigenvalue weighted by Crippen LogP contribution is 2.18. The zero-order chi connectivity index (χ0) is 14.4. The van der Waals surface area contributed by atoms with Gasteiger partial charge < -0.3 is 4.90 Å². The maximum absolute atomic E-state index is 11.7. The van der Waals surface area contributed by atoms with E-state index in [9.17, 15) is 4.79 Å². The second-order valence-corrected chi connectivity index (χ2v) is 5.48. The Morgan fingerprint density at radius 3 is 2.70 bits per heavy atom. The van der Waals surface area contributed by atoms with Crippen LogP contribution in [-0.4, -0.2) is 41.9 Å². The van der Waals surface area contributed by atoms with Crippen LogP contribution in [0.5, 0.6) is 0 Å². The Bertz CT molecular complexity index is 444. The summed E-state index contributed by atoms with van der Waals surface area (Å²) < 4.78 is 0. The van der Waals surface area contributed by atoms with Crippen molar-refractivity contribution in [3.63, 3.8) is 0 Å². The van der Waals surface area contributed by atoms with Crippen LogP contribution in [0.4, 0.5) is 0 Å². The highest BCUT2D eigenvalue weighted by molar-refractivity contribution is 5.75. The maximum atomic E-state index is 11.7. The molecule has 0 fully saturated rings. The molecule has 1 aliphatic heterocycles. The van der Waals surface area contributed by atoms with Gasteiger partial charge in [-0.1, -0.05) is 31.2 Å². The topological polar surface area (TPSA) is 23.6 Å². The molecule has 0 saturated heterocycles. The van der Waals surface area contributed by atoms with Gasteiger partial charge in [0, 0.05) is 39.1 Å². The van der Waals surface area contributed by atoms with E-state index in [0.29, 0.717) is 6.42 Å². The zero-order valence-electron chi connectivity index (χ0n) is 12.8. The molecule has 1 heterocycles. The molecule has 1 aromatic rings. The lowest BCUT2D eigenvalue weighted by Gasteiger charge is -2.29. The molecule has 0 radical (unpaired) electrons. The van der Waals surface area contributed by atoms with Gasteiger partial charge in [0.15, 0.2) is 0 Å². The first-order chi connectivity index (χ1) is 9.74. The Balaban J connectivity index is 1.77. The minimum absolute atomic E-state index is 0.275. The summed E-state index contributed by atoms with van der Waals surface area (Å²) >= 11 is 0. The summed E-state index contributed by atoms with van der Waals surface area (Å²) in [7, 11) is 0. The third-order valence-electron chi connectivity index (χ3n) is 4.15. The molecule has 2 rings (SSSR count). The van der Waals surface area contributed by atoms with Gasteiger partial charge in [-0.15, -0.1) is 0 Å². The molecular formula is C17H26N2O. The second kappa shape index (κ2) is 7.44. The summed E-state index contributed by atoms with van der Waals surface area (Å²) in [4.78, 5) is 16.2. The van der Waals surface area contributed by atoms with Crippen LogP contribution < -0.4 is 0 Å². The van der Waals surface area contributed by atoms with E-state index in [4.69, 9.17) is 0 Å². The smallest absolute Gasteiger partial charge is 0.222 e. The van der Waals surface area contributed by atoms with Crippen LogP contribution >= 0.6 is 0 Å². The Hall–Kier alpha value is -1.35. The van der Waals surface area contributed by atoms with Crippen LogP contribution in [0.3, 0.4) is 0 Å². The molecule has 0 bridgehead atoms. The third kappa shape index (κ3) is 3.83. The van der Waals surface area contributed by atoms with Crippen LogP contribution in [0.15, 0.2) is 24.3 Å². The van der Waals surface area contributed by atoms with Crippen molar-refractivity contribution in [3.8, 4) is 0 Å². The molecule has 1 aliphatic rings. The fraction of sp³-hybridized carbons (Fsp3) is 0.588. The predicted molar refractivity (Wildman–Crippen MR) is 82.6 cm³/mol. The molecule has 3 nitrogen and oxygen atoms in total. The van der Waals surface area contributed by atoms with Gasteiger partial charge in [0.2, 0.25) is 5.91 Å². The minimum Gasteiger partial charge on any atom is -0.343 e. The molecule has 0 saturated carbocycles. The Morgan fingerprint density at radius 1 is 1.25 bits per heavy atom. The van der Waals surface area contributed by atoms with Crippen LogP contribution in [0.2, 0.25) is 0 Å². The van der Waals surface area contributed by atoms with E-state index in [1.54, 1.807) is 0 Å². The highest BCUT2D eigenvalue weighted by Gasteiger charge is 2.16. The fourth-order valence-electron chi connectivity index (χ4n) is 2.91. The van der Waals surface area contributed by atoms with Crippen molar-refractivity contribution in [2.45, 2.75) is 39.7 Å². The van der Waals surface area contributed by atoms with E-state index in [2.05, 4.69) is 36.1 Å². The van der Waals surface area contributed by atoms with Crippen LogP contribution in [-0.2, 0) is 17.8 Å². The van der Waals surface area contributed by atoms with Crippen LogP contribution in [0.25, 0.3) is 0 Å². The van der Waals surface area contributed by atoms with Crippen LogP contribution in [0.1, 0.15) is 37.8 Å². The predicted octanol–water partition coefficient (Wildman–Crippen LogP) is 2.69. The van der Waals surface area contributed by atoms with Crippen molar-refractivity contribution < 1.29 is 4.79 Å². The maximum Gasteiger partial charge on any atom is 0.222 e. The van der Waals surface area contributed by atoms with E-state index in [-0.39, 0.29) is 5.91 Å². The minimum atomic E-state index is 0.275. The lowest BCUT2D eigenvalue weighted by Crippen LogP contribution is -2.35. The Kier molecular flexibility index (Phi) is 5.60. The number of carbonyl (C=O) groups excluding carboxylic acids is 1. The van der Waals surface area contributed by atoms with Gasteiger partial charge in [-0.2, -0.15) is 0 Å². The molecule has 0 spiro atoms. The Morgan fingerprint density at radius 2 is 2.00 bits per heavy atom. The molecule has 0 unspecified atom stereocenters. The normalized spacial score (nSPS) is 14.9. The second-order valence-electron chi connectivity index (χ2n) is 5.48. The lowest BCUT2D eigenvalue weighted by molar-refractivity contribution is -0.130. The van der Waals surface area contributed by atoms with Gasteiger partial charge in [-0.25, -0.2) is 0 Å². The number of hydrogen-bond acceptors (Lipinski definition) is 2. The van der Waals surface area contributed by atoms with E-state index in [1.165, 1.54) is 11.1 Å². The monoisotopic (exact) mass is 274 g/mol. The first kappa shape index (κ1) is 15.0. The van der Waals surface area contributed by atoms with Crippen molar-refractivity contribution in [2.24, 2.45) is 0 Å². The first-order valence-electron chi connectivity index (χ1n) is 7.81. The fourth-order valence-corrected chi connectivity index (χ4v) is 2.91. The molecule has 0 atom stereocenters. The zero-order valence-corrected chi connectivity index (χ0v) is 12.8. The van der Waals surface area contributed by atoms with Gasteiger partial charge in [0.1, 0.15) is 0 Å². The molecule has 0 aromatic heterocycles. The van der Waals surface area contributed by atoms with Gasteiger partial charge in [0.25, 0.3) is 0 Å². The summed E-state index contributed by atoms with van der Waals surface area (Å²) in [6.07, 6.45) is 2.84. The molecule has 3 heteroatoms. The van der Waals surface area contributed by atoms with Gasteiger partial charge in [-0.3, -0.25) is 9.69 Å². The summed E-state index contributed by atoms with van der Waals surface area (Å²) in [5.41, 5.74) is 2.97. The number of benzene rings is 1. The summed E-state index contributed by atoms with van der Waals surface area (Å²) in [5, 5.41) is 0. The first-order valence-corrected chi connectivity index (χ1v) is 7.81. The number of amides is 1. The highest BCUT2D eigenvalue weighted by atomic mass is 16.2. The molecule has 110 valence electrons. The van der Waals surface area contributed by atoms with Crippen molar-refractivity contribution in [2.75, 3.05) is 26.2 Å². The number of hydrogen-bond donors (Lipinski definition) is 0. The SMILES string of the molecule is CCC(=O)N(CC)CCCN1CCc2ccccc2C1. The van der Waals surface area contributed by atoms with Crippen LogP contribution in [0, 0.1) is 0 Å². The van der Waals surface area contributed by atoms with E-state index in [1.807, 2.05) is 11.8 Å². The van der Waals surface area contributed by atoms with E-state index < -0.39 is 0 Å². The lowest BCUT2D eigenvalue weighted by atomic mass is 10.00. The number of nitrogens with zero attached hydrogens (tertiary/aromatic N) is 2. The number of fused-ring (bicyclic) bond motifs is 1. The molecule has 1 aromatic carbocycles. The van der Waals surface area contributed by atoms with E-state index >= 15 is 0 Å². The molecule has 0 aliphatic carbocycles. The average Bonchev–Trinajstić information content (AvgIpc) is 2.50. The summed E-state index contributed by atoms with van der Waals surface area (Å²) in [6.45, 7) is 9.00. The molecular weight excluding hydrogens is 248 g/mol. The van der Waals surface area contributed by atoms with Gasteiger partial charge >= 0.3 is 0 Å². The van der Waals surface area contributed by atoms with Crippen molar-refractivity contribution in [3.05, 3.63) is 35.4 Å². The van der Waals surface area contributed by atoms with E-state index in [0.717, 1.165) is 45.6 Å². The Labute approximate surface area is 122 Å². The average molecular weight is 274 g/mol. The number of carbonyl (C=O) groups is 1. The quantitative estimate of drug-likeness (QED) is 0.796. The number of rotatable bonds is 6.